The number of amides is 1. The molecule has 0 fully saturated rings. The molecule has 0 aliphatic carbocycles. The number of unbranched alkanes of at least 4 members (excludes halogenated alkanes) is 5. The predicted octanol–water partition coefficient (Wildman–Crippen LogP) is 1.74. The lowest BCUT2D eigenvalue weighted by Gasteiger charge is -2.13. The van der Waals surface area contributed by atoms with E-state index in [-0.39, 0.29) is 24.5 Å². The highest BCUT2D eigenvalue weighted by molar-refractivity contribution is 7.90. The van der Waals surface area contributed by atoms with Crippen molar-refractivity contribution in [1.29, 1.82) is 0 Å². The predicted molar refractivity (Wildman–Crippen MR) is 81.9 cm³/mol. The first-order chi connectivity index (χ1) is 9.76. The molecule has 1 amide bonds. The number of carbonyl (C=O) groups excluding carboxylic acids is 1. The lowest BCUT2D eigenvalue weighted by Crippen LogP contribution is -2.41. The molecular weight excluding hydrogens is 294 g/mol. The Labute approximate surface area is 127 Å². The lowest BCUT2D eigenvalue weighted by atomic mass is 10.1. The number of hydrogen-bond donors (Lipinski definition) is 2. The SMILES string of the molecule is CCCCCCCCC(=O)NC(CCS(C)(=O)=O)C(=O)O. The number of carboxylic acid groups (broad SMARTS) is 1. The van der Waals surface area contributed by atoms with Gasteiger partial charge in [-0.3, -0.25) is 4.79 Å². The Morgan fingerprint density at radius 2 is 1.67 bits per heavy atom. The Morgan fingerprint density at radius 3 is 2.19 bits per heavy atom. The van der Waals surface area contributed by atoms with Gasteiger partial charge in [-0.25, -0.2) is 13.2 Å². The van der Waals surface area contributed by atoms with E-state index >= 15 is 0 Å². The number of nitrogens with one attached hydrogen (secondary N) is 1. The molecule has 0 saturated heterocycles. The van der Waals surface area contributed by atoms with Crippen LogP contribution in [0, 0.1) is 0 Å². The van der Waals surface area contributed by atoms with E-state index in [2.05, 4.69) is 12.2 Å². The number of carbonyl (C=O) groups is 2. The fraction of sp³-hybridized carbons (Fsp3) is 0.857. The average Bonchev–Trinajstić information content (AvgIpc) is 2.37. The average molecular weight is 321 g/mol. The van der Waals surface area contributed by atoms with E-state index in [9.17, 15) is 18.0 Å². The minimum Gasteiger partial charge on any atom is -0.480 e. The third kappa shape index (κ3) is 12.3. The molecule has 0 heterocycles. The fourth-order valence-electron chi connectivity index (χ4n) is 1.92. The van der Waals surface area contributed by atoms with Crippen molar-refractivity contribution in [2.24, 2.45) is 0 Å². The second-order valence-corrected chi connectivity index (χ2v) is 7.65. The van der Waals surface area contributed by atoms with Gasteiger partial charge < -0.3 is 10.4 Å². The van der Waals surface area contributed by atoms with Gasteiger partial charge in [-0.15, -0.1) is 0 Å². The highest BCUT2D eigenvalue weighted by Crippen LogP contribution is 2.07. The summed E-state index contributed by atoms with van der Waals surface area (Å²) < 4.78 is 22.1. The summed E-state index contributed by atoms with van der Waals surface area (Å²) in [5.74, 6) is -1.78. The monoisotopic (exact) mass is 321 g/mol. The second kappa shape index (κ2) is 10.6. The number of sulfone groups is 1. The van der Waals surface area contributed by atoms with Crippen LogP contribution in [0.15, 0.2) is 0 Å². The zero-order chi connectivity index (χ0) is 16.3. The van der Waals surface area contributed by atoms with Gasteiger partial charge >= 0.3 is 5.97 Å². The van der Waals surface area contributed by atoms with Gasteiger partial charge in [0, 0.05) is 12.7 Å². The number of carboxylic acids is 1. The van der Waals surface area contributed by atoms with E-state index in [4.69, 9.17) is 5.11 Å². The molecule has 21 heavy (non-hydrogen) atoms. The molecule has 2 N–H and O–H groups in total. The molecule has 0 rings (SSSR count). The molecule has 124 valence electrons. The number of hydrogen-bond acceptors (Lipinski definition) is 4. The Balaban J connectivity index is 3.98. The zero-order valence-corrected chi connectivity index (χ0v) is 13.7. The number of rotatable bonds is 12. The lowest BCUT2D eigenvalue weighted by molar-refractivity contribution is -0.141. The first-order valence-electron chi connectivity index (χ1n) is 7.46. The van der Waals surface area contributed by atoms with Crippen LogP contribution in [0.25, 0.3) is 0 Å². The molecule has 0 aliphatic heterocycles. The highest BCUT2D eigenvalue weighted by Gasteiger charge is 2.21. The molecule has 0 spiro atoms. The summed E-state index contributed by atoms with van der Waals surface area (Å²) in [7, 11) is -3.23. The van der Waals surface area contributed by atoms with Crippen molar-refractivity contribution in [1.82, 2.24) is 5.32 Å². The third-order valence-electron chi connectivity index (χ3n) is 3.17. The van der Waals surface area contributed by atoms with Crippen molar-refractivity contribution in [2.45, 2.75) is 64.3 Å². The van der Waals surface area contributed by atoms with E-state index < -0.39 is 21.8 Å². The van der Waals surface area contributed by atoms with Crippen LogP contribution in [0.1, 0.15) is 58.3 Å². The summed E-state index contributed by atoms with van der Waals surface area (Å²) in [6.07, 6.45) is 7.51. The maximum atomic E-state index is 11.6. The van der Waals surface area contributed by atoms with Crippen molar-refractivity contribution in [2.75, 3.05) is 12.0 Å². The van der Waals surface area contributed by atoms with Gasteiger partial charge in [0.2, 0.25) is 5.91 Å². The van der Waals surface area contributed by atoms with E-state index in [1.165, 1.54) is 12.8 Å². The van der Waals surface area contributed by atoms with Gasteiger partial charge in [-0.1, -0.05) is 39.0 Å². The standard InChI is InChI=1S/C14H27NO5S/c1-3-4-5-6-7-8-9-13(16)15-12(14(17)18)10-11-21(2,19)20/h12H,3-11H2,1-2H3,(H,15,16)(H,17,18). The normalized spacial score (nSPS) is 12.9. The molecule has 1 atom stereocenters. The Hall–Kier alpha value is -1.11. The molecule has 0 aromatic rings. The van der Waals surface area contributed by atoms with Crippen LogP contribution in [0.3, 0.4) is 0 Å². The van der Waals surface area contributed by atoms with Crippen molar-refractivity contribution in [3.63, 3.8) is 0 Å². The van der Waals surface area contributed by atoms with Gasteiger partial charge in [0.05, 0.1) is 5.75 Å². The third-order valence-corrected chi connectivity index (χ3v) is 4.15. The first-order valence-corrected chi connectivity index (χ1v) is 9.52. The Kier molecular flexibility index (Phi) is 10.0. The van der Waals surface area contributed by atoms with E-state index in [1.807, 2.05) is 0 Å². The smallest absolute Gasteiger partial charge is 0.326 e. The topological polar surface area (TPSA) is 101 Å². The van der Waals surface area contributed by atoms with E-state index in [0.717, 1.165) is 31.9 Å². The molecule has 7 heteroatoms. The summed E-state index contributed by atoms with van der Waals surface area (Å²) in [5, 5.41) is 11.4. The maximum absolute atomic E-state index is 11.6. The van der Waals surface area contributed by atoms with Crippen LogP contribution in [0.5, 0.6) is 0 Å². The molecule has 6 nitrogen and oxygen atoms in total. The van der Waals surface area contributed by atoms with Gasteiger partial charge in [0.1, 0.15) is 15.9 Å². The van der Waals surface area contributed by atoms with E-state index in [1.54, 1.807) is 0 Å². The van der Waals surface area contributed by atoms with Gasteiger partial charge in [-0.2, -0.15) is 0 Å². The molecular formula is C14H27NO5S. The summed E-state index contributed by atoms with van der Waals surface area (Å²) in [4.78, 5) is 22.6. The second-order valence-electron chi connectivity index (χ2n) is 5.39. The summed E-state index contributed by atoms with van der Waals surface area (Å²) >= 11 is 0. The molecule has 0 aromatic carbocycles. The van der Waals surface area contributed by atoms with Crippen LogP contribution in [0.2, 0.25) is 0 Å². The maximum Gasteiger partial charge on any atom is 0.326 e. The Bertz CT molecular complexity index is 419. The van der Waals surface area contributed by atoms with E-state index in [0.29, 0.717) is 0 Å². The van der Waals surface area contributed by atoms with Crippen molar-refractivity contribution < 1.29 is 23.1 Å². The summed E-state index contributed by atoms with van der Waals surface area (Å²) in [5.41, 5.74) is 0. The highest BCUT2D eigenvalue weighted by atomic mass is 32.2. The minimum absolute atomic E-state index is 0.101. The molecule has 0 saturated carbocycles. The molecule has 0 bridgehead atoms. The first kappa shape index (κ1) is 19.9. The van der Waals surface area contributed by atoms with Crippen LogP contribution in [0.4, 0.5) is 0 Å². The van der Waals surface area contributed by atoms with Crippen LogP contribution >= 0.6 is 0 Å². The number of aliphatic carboxylic acids is 1. The van der Waals surface area contributed by atoms with Gasteiger partial charge in [0.25, 0.3) is 0 Å². The van der Waals surface area contributed by atoms with Crippen molar-refractivity contribution in [3.8, 4) is 0 Å². The molecule has 1 unspecified atom stereocenters. The minimum atomic E-state index is -3.23. The summed E-state index contributed by atoms with van der Waals surface area (Å²) in [6, 6.07) is -1.13. The summed E-state index contributed by atoms with van der Waals surface area (Å²) in [6.45, 7) is 2.13. The molecule has 0 aliphatic rings. The van der Waals surface area contributed by atoms with Crippen molar-refractivity contribution >= 4 is 21.7 Å². The Morgan fingerprint density at radius 1 is 1.10 bits per heavy atom. The molecule has 0 aromatic heterocycles. The van der Waals surface area contributed by atoms with Crippen LogP contribution in [-0.4, -0.2) is 43.5 Å². The fourth-order valence-corrected chi connectivity index (χ4v) is 2.59. The molecule has 0 radical (unpaired) electrons. The largest absolute Gasteiger partial charge is 0.480 e. The van der Waals surface area contributed by atoms with Crippen LogP contribution in [-0.2, 0) is 19.4 Å². The van der Waals surface area contributed by atoms with Crippen LogP contribution < -0.4 is 5.32 Å². The van der Waals surface area contributed by atoms with Gasteiger partial charge in [-0.05, 0) is 12.8 Å². The zero-order valence-electron chi connectivity index (χ0n) is 12.9. The van der Waals surface area contributed by atoms with Crippen molar-refractivity contribution in [3.05, 3.63) is 0 Å². The quantitative estimate of drug-likeness (QED) is 0.533. The van der Waals surface area contributed by atoms with Gasteiger partial charge in [0.15, 0.2) is 0 Å².